The second-order valence-electron chi connectivity index (χ2n) is 4.74. The van der Waals surface area contributed by atoms with E-state index in [1.807, 2.05) is 31.3 Å². The average molecular weight is 330 g/mol. The van der Waals surface area contributed by atoms with Crippen LogP contribution in [0.2, 0.25) is 15.2 Å². The first kappa shape index (κ1) is 15.6. The molecule has 1 unspecified atom stereocenters. The number of nitrogens with zero attached hydrogens (tertiary/aromatic N) is 2. The first-order valence-electron chi connectivity index (χ1n) is 6.23. The summed E-state index contributed by atoms with van der Waals surface area (Å²) in [5, 5.41) is 1.79. The van der Waals surface area contributed by atoms with E-state index in [9.17, 15) is 0 Å². The molecule has 0 bridgehead atoms. The molecule has 0 fully saturated rings. The summed E-state index contributed by atoms with van der Waals surface area (Å²) in [6, 6.07) is 9.78. The zero-order valence-electron chi connectivity index (χ0n) is 11.3. The Kier molecular flexibility index (Phi) is 5.28. The van der Waals surface area contributed by atoms with Gasteiger partial charge in [-0.3, -0.25) is 4.90 Å². The fourth-order valence-electron chi connectivity index (χ4n) is 1.95. The van der Waals surface area contributed by atoms with Gasteiger partial charge in [0.15, 0.2) is 0 Å². The molecule has 0 aliphatic heterocycles. The van der Waals surface area contributed by atoms with Crippen LogP contribution in [0.5, 0.6) is 0 Å². The molecule has 0 saturated heterocycles. The number of hydrogen-bond donors (Lipinski definition) is 0. The smallest absolute Gasteiger partial charge is 0.130 e. The molecule has 20 heavy (non-hydrogen) atoms. The fourth-order valence-corrected chi connectivity index (χ4v) is 2.51. The first-order chi connectivity index (χ1) is 9.47. The molecule has 106 valence electrons. The summed E-state index contributed by atoms with van der Waals surface area (Å²) in [6.07, 6.45) is 1.72. The molecule has 0 N–H and O–H groups in total. The van der Waals surface area contributed by atoms with Gasteiger partial charge in [0.2, 0.25) is 0 Å². The van der Waals surface area contributed by atoms with Crippen LogP contribution in [0.15, 0.2) is 36.5 Å². The van der Waals surface area contributed by atoms with Gasteiger partial charge in [0.05, 0.1) is 0 Å². The molecule has 0 amide bonds. The Morgan fingerprint density at radius 2 is 1.80 bits per heavy atom. The van der Waals surface area contributed by atoms with E-state index >= 15 is 0 Å². The van der Waals surface area contributed by atoms with Crippen molar-refractivity contribution in [3.05, 3.63) is 62.9 Å². The molecule has 0 aliphatic rings. The van der Waals surface area contributed by atoms with Crippen LogP contribution in [0.4, 0.5) is 0 Å². The zero-order chi connectivity index (χ0) is 14.7. The lowest BCUT2D eigenvalue weighted by molar-refractivity contribution is 0.253. The quantitative estimate of drug-likeness (QED) is 0.714. The van der Waals surface area contributed by atoms with Crippen LogP contribution >= 0.6 is 34.8 Å². The van der Waals surface area contributed by atoms with Gasteiger partial charge in [-0.1, -0.05) is 46.9 Å². The number of rotatable bonds is 4. The number of hydrogen-bond acceptors (Lipinski definition) is 2. The van der Waals surface area contributed by atoms with Gasteiger partial charge in [0.1, 0.15) is 5.15 Å². The summed E-state index contributed by atoms with van der Waals surface area (Å²) in [5.41, 5.74) is 2.16. The molecule has 0 aliphatic carbocycles. The predicted octanol–water partition coefficient (Wildman–Crippen LogP) is 5.23. The summed E-state index contributed by atoms with van der Waals surface area (Å²) in [4.78, 5) is 6.27. The topological polar surface area (TPSA) is 16.1 Å². The largest absolute Gasteiger partial charge is 0.295 e. The standard InChI is InChI=1S/C15H15Cl3N2/c1-10(11-3-5-13(16)6-4-11)20(2)9-12-8-19-15(18)7-14(12)17/h3-8,10H,9H2,1-2H3. The highest BCUT2D eigenvalue weighted by Crippen LogP contribution is 2.25. The SMILES string of the molecule is CC(c1ccc(Cl)cc1)N(C)Cc1cnc(Cl)cc1Cl. The molecule has 1 aromatic heterocycles. The second-order valence-corrected chi connectivity index (χ2v) is 5.97. The number of aromatic nitrogens is 1. The normalized spacial score (nSPS) is 12.7. The van der Waals surface area contributed by atoms with Gasteiger partial charge in [0, 0.05) is 34.4 Å². The number of benzene rings is 1. The number of halogens is 3. The highest BCUT2D eigenvalue weighted by atomic mass is 35.5. The van der Waals surface area contributed by atoms with E-state index in [2.05, 4.69) is 16.8 Å². The summed E-state index contributed by atoms with van der Waals surface area (Å²) >= 11 is 17.9. The number of pyridine rings is 1. The third-order valence-electron chi connectivity index (χ3n) is 3.33. The van der Waals surface area contributed by atoms with E-state index in [0.717, 1.165) is 10.6 Å². The lowest BCUT2D eigenvalue weighted by atomic mass is 10.1. The Balaban J connectivity index is 2.11. The maximum atomic E-state index is 6.18. The molecule has 2 nitrogen and oxygen atoms in total. The van der Waals surface area contributed by atoms with Crippen LogP contribution in [0, 0.1) is 0 Å². The van der Waals surface area contributed by atoms with Crippen molar-refractivity contribution in [2.75, 3.05) is 7.05 Å². The molecular formula is C15H15Cl3N2. The van der Waals surface area contributed by atoms with E-state index in [1.54, 1.807) is 12.3 Å². The Bertz CT molecular complexity index is 584. The van der Waals surface area contributed by atoms with Crippen molar-refractivity contribution in [3.8, 4) is 0 Å². The molecule has 1 heterocycles. The molecule has 0 spiro atoms. The van der Waals surface area contributed by atoms with Crippen molar-refractivity contribution < 1.29 is 0 Å². The Labute approximate surface area is 134 Å². The Morgan fingerprint density at radius 1 is 1.15 bits per heavy atom. The molecule has 1 atom stereocenters. The van der Waals surface area contributed by atoms with Crippen molar-refractivity contribution in [3.63, 3.8) is 0 Å². The molecule has 0 saturated carbocycles. The Hall–Kier alpha value is -0.800. The molecule has 5 heteroatoms. The van der Waals surface area contributed by atoms with Crippen LogP contribution in [0.25, 0.3) is 0 Å². The Morgan fingerprint density at radius 3 is 2.40 bits per heavy atom. The molecule has 2 rings (SSSR count). The lowest BCUT2D eigenvalue weighted by Crippen LogP contribution is -2.22. The van der Waals surface area contributed by atoms with Crippen LogP contribution in [0.3, 0.4) is 0 Å². The maximum absolute atomic E-state index is 6.18. The fraction of sp³-hybridized carbons (Fsp3) is 0.267. The van der Waals surface area contributed by atoms with Crippen LogP contribution < -0.4 is 0 Å². The van der Waals surface area contributed by atoms with Gasteiger partial charge in [-0.05, 0) is 37.7 Å². The first-order valence-corrected chi connectivity index (χ1v) is 7.36. The maximum Gasteiger partial charge on any atom is 0.130 e. The minimum atomic E-state index is 0.249. The minimum absolute atomic E-state index is 0.249. The van der Waals surface area contributed by atoms with Crippen LogP contribution in [-0.2, 0) is 6.54 Å². The van der Waals surface area contributed by atoms with Crippen molar-refractivity contribution in [1.29, 1.82) is 0 Å². The van der Waals surface area contributed by atoms with Gasteiger partial charge in [-0.15, -0.1) is 0 Å². The van der Waals surface area contributed by atoms with Crippen molar-refractivity contribution in [2.24, 2.45) is 0 Å². The molecular weight excluding hydrogens is 315 g/mol. The highest BCUT2D eigenvalue weighted by molar-refractivity contribution is 6.34. The van der Waals surface area contributed by atoms with E-state index in [1.165, 1.54) is 5.56 Å². The molecule has 2 aromatic rings. The second kappa shape index (κ2) is 6.77. The van der Waals surface area contributed by atoms with E-state index < -0.39 is 0 Å². The van der Waals surface area contributed by atoms with E-state index in [4.69, 9.17) is 34.8 Å². The zero-order valence-corrected chi connectivity index (χ0v) is 13.5. The summed E-state index contributed by atoms with van der Waals surface area (Å²) in [5.74, 6) is 0. The van der Waals surface area contributed by atoms with Gasteiger partial charge in [0.25, 0.3) is 0 Å². The molecule has 0 radical (unpaired) electrons. The molecule has 1 aromatic carbocycles. The highest BCUT2D eigenvalue weighted by Gasteiger charge is 2.13. The summed E-state index contributed by atoms with van der Waals surface area (Å²) in [6.45, 7) is 2.84. The lowest BCUT2D eigenvalue weighted by Gasteiger charge is -2.25. The van der Waals surface area contributed by atoms with Crippen LogP contribution in [0.1, 0.15) is 24.1 Å². The third-order valence-corrected chi connectivity index (χ3v) is 4.14. The van der Waals surface area contributed by atoms with Crippen molar-refractivity contribution >= 4 is 34.8 Å². The van der Waals surface area contributed by atoms with Gasteiger partial charge >= 0.3 is 0 Å². The van der Waals surface area contributed by atoms with Gasteiger partial charge in [-0.25, -0.2) is 4.98 Å². The summed E-state index contributed by atoms with van der Waals surface area (Å²) in [7, 11) is 2.05. The van der Waals surface area contributed by atoms with Gasteiger partial charge in [-0.2, -0.15) is 0 Å². The monoisotopic (exact) mass is 328 g/mol. The third kappa shape index (κ3) is 3.86. The predicted molar refractivity (Wildman–Crippen MR) is 85.6 cm³/mol. The average Bonchev–Trinajstić information content (AvgIpc) is 2.42. The van der Waals surface area contributed by atoms with Crippen LogP contribution in [-0.4, -0.2) is 16.9 Å². The summed E-state index contributed by atoms with van der Waals surface area (Å²) < 4.78 is 0. The van der Waals surface area contributed by atoms with E-state index in [-0.39, 0.29) is 6.04 Å². The minimum Gasteiger partial charge on any atom is -0.295 e. The van der Waals surface area contributed by atoms with Crippen molar-refractivity contribution in [2.45, 2.75) is 19.5 Å². The van der Waals surface area contributed by atoms with Gasteiger partial charge < -0.3 is 0 Å². The van der Waals surface area contributed by atoms with Crippen molar-refractivity contribution in [1.82, 2.24) is 9.88 Å². The van der Waals surface area contributed by atoms with E-state index in [0.29, 0.717) is 16.7 Å².